The Bertz CT molecular complexity index is 660. The van der Waals surface area contributed by atoms with E-state index in [9.17, 15) is 4.79 Å². The molecule has 2 N–H and O–H groups in total. The lowest BCUT2D eigenvalue weighted by atomic mass is 10.1. The highest BCUT2D eigenvalue weighted by Crippen LogP contribution is 2.30. The molecule has 0 aliphatic carbocycles. The quantitative estimate of drug-likeness (QED) is 0.912. The number of rotatable bonds is 4. The maximum atomic E-state index is 12.0. The molecule has 0 aromatic heterocycles. The predicted molar refractivity (Wildman–Crippen MR) is 87.7 cm³/mol. The summed E-state index contributed by atoms with van der Waals surface area (Å²) in [6.45, 7) is 2.76. The van der Waals surface area contributed by atoms with E-state index in [-0.39, 0.29) is 18.2 Å². The summed E-state index contributed by atoms with van der Waals surface area (Å²) in [6.07, 6.45) is -0.192. The van der Waals surface area contributed by atoms with Crippen LogP contribution in [0.15, 0.2) is 54.6 Å². The van der Waals surface area contributed by atoms with Crippen LogP contribution in [-0.2, 0) is 0 Å². The molecule has 1 aliphatic rings. The molecular weight excluding hydrogens is 292 g/mol. The second-order valence-electron chi connectivity index (χ2n) is 5.48. The van der Waals surface area contributed by atoms with Gasteiger partial charge in [-0.2, -0.15) is 0 Å². The van der Waals surface area contributed by atoms with Gasteiger partial charge in [-0.1, -0.05) is 42.5 Å². The first-order valence-corrected chi connectivity index (χ1v) is 7.70. The fourth-order valence-electron chi connectivity index (χ4n) is 2.44. The van der Waals surface area contributed by atoms with Crippen LogP contribution in [-0.4, -0.2) is 25.3 Å². The Labute approximate surface area is 135 Å². The van der Waals surface area contributed by atoms with Crippen molar-refractivity contribution in [2.24, 2.45) is 0 Å². The first-order valence-electron chi connectivity index (χ1n) is 7.70. The van der Waals surface area contributed by atoms with Gasteiger partial charge in [-0.05, 0) is 24.6 Å². The average Bonchev–Trinajstić information content (AvgIpc) is 2.60. The van der Waals surface area contributed by atoms with Crippen molar-refractivity contribution in [2.45, 2.75) is 19.1 Å². The summed E-state index contributed by atoms with van der Waals surface area (Å²) in [7, 11) is 0. The summed E-state index contributed by atoms with van der Waals surface area (Å²) in [5, 5.41) is 5.74. The maximum absolute atomic E-state index is 12.0. The fourth-order valence-corrected chi connectivity index (χ4v) is 2.44. The Hall–Kier alpha value is -2.69. The number of para-hydroxylation sites is 2. The number of benzene rings is 2. The zero-order chi connectivity index (χ0) is 16.1. The molecule has 1 unspecified atom stereocenters. The number of fused-ring (bicyclic) bond motifs is 1. The van der Waals surface area contributed by atoms with Gasteiger partial charge < -0.3 is 20.1 Å². The van der Waals surface area contributed by atoms with E-state index in [1.54, 1.807) is 0 Å². The Morgan fingerprint density at radius 3 is 2.61 bits per heavy atom. The van der Waals surface area contributed by atoms with E-state index in [1.807, 2.05) is 61.5 Å². The van der Waals surface area contributed by atoms with Crippen LogP contribution in [0.2, 0.25) is 0 Å². The molecule has 2 atom stereocenters. The third kappa shape index (κ3) is 3.94. The molecule has 3 rings (SSSR count). The van der Waals surface area contributed by atoms with Gasteiger partial charge in [-0.3, -0.25) is 0 Å². The third-order valence-corrected chi connectivity index (χ3v) is 3.70. The summed E-state index contributed by atoms with van der Waals surface area (Å²) in [5.41, 5.74) is 1.06. The first-order chi connectivity index (χ1) is 11.2. The number of carbonyl (C=O) groups is 1. The van der Waals surface area contributed by atoms with E-state index in [0.29, 0.717) is 18.9 Å². The average molecular weight is 312 g/mol. The maximum Gasteiger partial charge on any atom is 0.315 e. The SMILES string of the molecule is C[C@H](NC(=O)NCC1COc2ccccc2O1)c1ccccc1. The lowest BCUT2D eigenvalue weighted by Gasteiger charge is -2.26. The van der Waals surface area contributed by atoms with Crippen LogP contribution in [0.3, 0.4) is 0 Å². The van der Waals surface area contributed by atoms with Gasteiger partial charge in [0.1, 0.15) is 6.61 Å². The van der Waals surface area contributed by atoms with Crippen molar-refractivity contribution in [3.05, 3.63) is 60.2 Å². The Morgan fingerprint density at radius 2 is 1.83 bits per heavy atom. The monoisotopic (exact) mass is 312 g/mol. The van der Waals surface area contributed by atoms with E-state index in [1.165, 1.54) is 0 Å². The number of ether oxygens (including phenoxy) is 2. The molecule has 5 nitrogen and oxygen atoms in total. The van der Waals surface area contributed by atoms with Gasteiger partial charge in [0.25, 0.3) is 0 Å². The second kappa shape index (κ2) is 7.05. The van der Waals surface area contributed by atoms with Crippen LogP contribution in [0.25, 0.3) is 0 Å². The van der Waals surface area contributed by atoms with Crippen molar-refractivity contribution in [3.63, 3.8) is 0 Å². The van der Waals surface area contributed by atoms with Gasteiger partial charge >= 0.3 is 6.03 Å². The normalized spacial score (nSPS) is 17.2. The minimum absolute atomic E-state index is 0.0551. The Kier molecular flexibility index (Phi) is 4.66. The highest BCUT2D eigenvalue weighted by molar-refractivity contribution is 5.74. The number of amides is 2. The van der Waals surface area contributed by atoms with Gasteiger partial charge in [0.05, 0.1) is 12.6 Å². The van der Waals surface area contributed by atoms with Crippen LogP contribution < -0.4 is 20.1 Å². The summed E-state index contributed by atoms with van der Waals surface area (Å²) in [5.74, 6) is 1.45. The van der Waals surface area contributed by atoms with E-state index in [4.69, 9.17) is 9.47 Å². The van der Waals surface area contributed by atoms with Crippen molar-refractivity contribution >= 4 is 6.03 Å². The van der Waals surface area contributed by atoms with E-state index in [2.05, 4.69) is 10.6 Å². The molecule has 0 bridgehead atoms. The molecule has 2 amide bonds. The molecule has 120 valence electrons. The molecule has 23 heavy (non-hydrogen) atoms. The molecule has 2 aromatic carbocycles. The highest BCUT2D eigenvalue weighted by atomic mass is 16.6. The lowest BCUT2D eigenvalue weighted by molar-refractivity contribution is 0.0917. The van der Waals surface area contributed by atoms with E-state index >= 15 is 0 Å². The number of hydrogen-bond acceptors (Lipinski definition) is 3. The van der Waals surface area contributed by atoms with Crippen LogP contribution in [0.1, 0.15) is 18.5 Å². The van der Waals surface area contributed by atoms with Gasteiger partial charge in [0, 0.05) is 0 Å². The summed E-state index contributed by atoms with van der Waals surface area (Å²) in [6, 6.07) is 17.1. The molecule has 0 saturated carbocycles. The molecule has 1 aliphatic heterocycles. The summed E-state index contributed by atoms with van der Waals surface area (Å²) < 4.78 is 11.4. The standard InChI is InChI=1S/C18H20N2O3/c1-13(14-7-3-2-4-8-14)20-18(21)19-11-15-12-22-16-9-5-6-10-17(16)23-15/h2-10,13,15H,11-12H2,1H3,(H2,19,20,21)/t13-,15?/m0/s1. The van der Waals surface area contributed by atoms with Crippen molar-refractivity contribution in [2.75, 3.05) is 13.2 Å². The molecule has 2 aromatic rings. The van der Waals surface area contributed by atoms with Crippen LogP contribution in [0.4, 0.5) is 4.79 Å². The third-order valence-electron chi connectivity index (χ3n) is 3.70. The van der Waals surface area contributed by atoms with Gasteiger partial charge in [0.15, 0.2) is 17.6 Å². The van der Waals surface area contributed by atoms with E-state index < -0.39 is 0 Å². The van der Waals surface area contributed by atoms with Crippen molar-refractivity contribution in [1.82, 2.24) is 10.6 Å². The fraction of sp³-hybridized carbons (Fsp3) is 0.278. The van der Waals surface area contributed by atoms with Crippen molar-refractivity contribution in [1.29, 1.82) is 0 Å². The van der Waals surface area contributed by atoms with Gasteiger partial charge in [-0.15, -0.1) is 0 Å². The minimum atomic E-state index is -0.219. The lowest BCUT2D eigenvalue weighted by Crippen LogP contribution is -2.45. The zero-order valence-electron chi connectivity index (χ0n) is 13.0. The smallest absolute Gasteiger partial charge is 0.315 e. The van der Waals surface area contributed by atoms with Crippen molar-refractivity contribution < 1.29 is 14.3 Å². The van der Waals surface area contributed by atoms with Gasteiger partial charge in [0.2, 0.25) is 0 Å². The van der Waals surface area contributed by atoms with Crippen LogP contribution in [0.5, 0.6) is 11.5 Å². The predicted octanol–water partition coefficient (Wildman–Crippen LogP) is 2.89. The van der Waals surface area contributed by atoms with Crippen LogP contribution >= 0.6 is 0 Å². The highest BCUT2D eigenvalue weighted by Gasteiger charge is 2.21. The number of carbonyl (C=O) groups excluding carboxylic acids is 1. The molecular formula is C18H20N2O3. The molecule has 1 heterocycles. The zero-order valence-corrected chi connectivity index (χ0v) is 13.0. The second-order valence-corrected chi connectivity index (χ2v) is 5.48. The molecule has 0 radical (unpaired) electrons. The molecule has 5 heteroatoms. The molecule has 0 saturated heterocycles. The Morgan fingerprint density at radius 1 is 1.13 bits per heavy atom. The number of nitrogens with one attached hydrogen (secondary N) is 2. The van der Waals surface area contributed by atoms with Crippen molar-refractivity contribution in [3.8, 4) is 11.5 Å². The summed E-state index contributed by atoms with van der Waals surface area (Å²) >= 11 is 0. The van der Waals surface area contributed by atoms with Gasteiger partial charge in [-0.25, -0.2) is 4.79 Å². The summed E-state index contributed by atoms with van der Waals surface area (Å²) in [4.78, 5) is 12.0. The number of hydrogen-bond donors (Lipinski definition) is 2. The first kappa shape index (κ1) is 15.2. The molecule has 0 fully saturated rings. The Balaban J connectivity index is 1.47. The minimum Gasteiger partial charge on any atom is -0.486 e. The molecule has 0 spiro atoms. The topological polar surface area (TPSA) is 59.6 Å². The van der Waals surface area contributed by atoms with E-state index in [0.717, 1.165) is 11.3 Å². The number of urea groups is 1. The van der Waals surface area contributed by atoms with Crippen LogP contribution in [0, 0.1) is 0 Å². The largest absolute Gasteiger partial charge is 0.486 e.